The summed E-state index contributed by atoms with van der Waals surface area (Å²) in [5.41, 5.74) is 2.95. The molecule has 0 saturated carbocycles. The van der Waals surface area contributed by atoms with E-state index in [9.17, 15) is 4.79 Å². The Hall–Kier alpha value is -2.53. The lowest BCUT2D eigenvalue weighted by atomic mass is 9.80. The van der Waals surface area contributed by atoms with Crippen LogP contribution in [0.4, 0.5) is 5.69 Å². The number of rotatable bonds is 8. The van der Waals surface area contributed by atoms with Gasteiger partial charge in [-0.05, 0) is 40.2 Å². The fraction of sp³-hybridized carbons (Fsp3) is 0.480. The molecule has 0 radical (unpaired) electrons. The molecule has 30 heavy (non-hydrogen) atoms. The van der Waals surface area contributed by atoms with Crippen molar-refractivity contribution >= 4 is 11.6 Å². The molecule has 0 aliphatic rings. The molecule has 2 rings (SSSR count). The van der Waals surface area contributed by atoms with E-state index in [2.05, 4.69) is 59.0 Å². The first-order chi connectivity index (χ1) is 14.0. The van der Waals surface area contributed by atoms with Gasteiger partial charge in [-0.3, -0.25) is 4.79 Å². The van der Waals surface area contributed by atoms with Gasteiger partial charge in [-0.15, -0.1) is 0 Å². The van der Waals surface area contributed by atoms with E-state index >= 15 is 0 Å². The highest BCUT2D eigenvalue weighted by Crippen LogP contribution is 2.35. The minimum absolute atomic E-state index is 0.0479. The summed E-state index contributed by atoms with van der Waals surface area (Å²) in [6.45, 7) is 13.9. The van der Waals surface area contributed by atoms with Crippen LogP contribution in [-0.4, -0.2) is 32.8 Å². The van der Waals surface area contributed by atoms with Crippen LogP contribution in [0, 0.1) is 0 Å². The number of anilines is 1. The number of amides is 1. The van der Waals surface area contributed by atoms with Crippen molar-refractivity contribution in [2.75, 3.05) is 32.2 Å². The van der Waals surface area contributed by atoms with Crippen LogP contribution >= 0.6 is 0 Å². The highest BCUT2D eigenvalue weighted by Gasteiger charge is 2.23. The molecule has 0 bridgehead atoms. The maximum Gasteiger partial charge on any atom is 0.262 e. The van der Waals surface area contributed by atoms with Crippen molar-refractivity contribution in [3.8, 4) is 11.5 Å². The van der Waals surface area contributed by atoms with Crippen molar-refractivity contribution in [1.82, 2.24) is 0 Å². The van der Waals surface area contributed by atoms with Gasteiger partial charge in [-0.25, -0.2) is 0 Å². The number of ether oxygens (including phenoxy) is 3. The summed E-state index contributed by atoms with van der Waals surface area (Å²) in [6, 6.07) is 13.5. The summed E-state index contributed by atoms with van der Waals surface area (Å²) in [5, 5.41) is 2.86. The van der Waals surface area contributed by atoms with E-state index in [0.29, 0.717) is 24.7 Å². The molecule has 5 heteroatoms. The molecule has 2 aromatic carbocycles. The van der Waals surface area contributed by atoms with Gasteiger partial charge in [0.15, 0.2) is 6.61 Å². The average Bonchev–Trinajstić information content (AvgIpc) is 2.65. The quantitative estimate of drug-likeness (QED) is 0.595. The molecular weight excluding hydrogens is 378 g/mol. The monoisotopic (exact) mass is 413 g/mol. The molecule has 1 amide bonds. The molecule has 0 spiro atoms. The molecule has 0 unspecified atom stereocenters. The van der Waals surface area contributed by atoms with Crippen molar-refractivity contribution in [3.63, 3.8) is 0 Å². The molecular formula is C25H35NO4. The number of methoxy groups -OCH3 is 1. The predicted molar refractivity (Wildman–Crippen MR) is 122 cm³/mol. The fourth-order valence-electron chi connectivity index (χ4n) is 2.96. The van der Waals surface area contributed by atoms with Crippen molar-refractivity contribution in [3.05, 3.63) is 53.6 Å². The van der Waals surface area contributed by atoms with E-state index in [1.54, 1.807) is 13.2 Å². The standard InChI is InChI=1S/C25H35NO4/c1-24(2,3)18-11-12-22(21(15-18)25(4,5)6)30-17-23(27)26-19-9-8-10-20(16-19)29-14-13-28-7/h8-12,15-16H,13-14,17H2,1-7H3,(H,26,27). The molecule has 0 aliphatic carbocycles. The molecule has 0 heterocycles. The Labute approximate surface area is 180 Å². The smallest absolute Gasteiger partial charge is 0.262 e. The highest BCUT2D eigenvalue weighted by molar-refractivity contribution is 5.92. The van der Waals surface area contributed by atoms with Gasteiger partial charge in [-0.1, -0.05) is 59.7 Å². The minimum atomic E-state index is -0.219. The Morgan fingerprint density at radius 1 is 0.900 bits per heavy atom. The topological polar surface area (TPSA) is 56.8 Å². The van der Waals surface area contributed by atoms with Gasteiger partial charge in [-0.2, -0.15) is 0 Å². The number of hydrogen-bond acceptors (Lipinski definition) is 4. The summed E-state index contributed by atoms with van der Waals surface area (Å²) in [4.78, 5) is 12.4. The van der Waals surface area contributed by atoms with Crippen LogP contribution in [0.3, 0.4) is 0 Å². The first kappa shape index (κ1) is 23.7. The van der Waals surface area contributed by atoms with Crippen molar-refractivity contribution in [2.45, 2.75) is 52.4 Å². The predicted octanol–water partition coefficient (Wildman–Crippen LogP) is 5.32. The van der Waals surface area contributed by atoms with E-state index < -0.39 is 0 Å². The zero-order chi connectivity index (χ0) is 22.4. The lowest BCUT2D eigenvalue weighted by Gasteiger charge is -2.27. The Balaban J connectivity index is 2.05. The molecule has 1 N–H and O–H groups in total. The van der Waals surface area contributed by atoms with E-state index in [0.717, 1.165) is 11.3 Å². The van der Waals surface area contributed by atoms with Crippen LogP contribution in [-0.2, 0) is 20.4 Å². The maximum atomic E-state index is 12.4. The number of nitrogens with one attached hydrogen (secondary N) is 1. The van der Waals surface area contributed by atoms with Crippen LogP contribution in [0.2, 0.25) is 0 Å². The highest BCUT2D eigenvalue weighted by atomic mass is 16.5. The van der Waals surface area contributed by atoms with Crippen LogP contribution < -0.4 is 14.8 Å². The van der Waals surface area contributed by atoms with E-state index in [4.69, 9.17) is 14.2 Å². The van der Waals surface area contributed by atoms with Crippen LogP contribution in [0.15, 0.2) is 42.5 Å². The van der Waals surface area contributed by atoms with Gasteiger partial charge >= 0.3 is 0 Å². The van der Waals surface area contributed by atoms with E-state index in [1.807, 2.05) is 24.3 Å². The van der Waals surface area contributed by atoms with Gasteiger partial charge in [0, 0.05) is 18.9 Å². The maximum absolute atomic E-state index is 12.4. The normalized spacial score (nSPS) is 11.8. The summed E-state index contributed by atoms with van der Waals surface area (Å²) in [6.07, 6.45) is 0. The van der Waals surface area contributed by atoms with E-state index in [1.165, 1.54) is 5.56 Å². The molecule has 2 aromatic rings. The number of benzene rings is 2. The number of carbonyl (C=O) groups excluding carboxylic acids is 1. The lowest BCUT2D eigenvalue weighted by molar-refractivity contribution is -0.118. The van der Waals surface area contributed by atoms with Gasteiger partial charge < -0.3 is 19.5 Å². The second-order valence-corrected chi connectivity index (χ2v) is 9.42. The summed E-state index contributed by atoms with van der Waals surface area (Å²) in [5.74, 6) is 1.20. The van der Waals surface area contributed by atoms with Crippen LogP contribution in [0.5, 0.6) is 11.5 Å². The first-order valence-electron chi connectivity index (χ1n) is 10.3. The van der Waals surface area contributed by atoms with Gasteiger partial charge in [0.1, 0.15) is 18.1 Å². The van der Waals surface area contributed by atoms with Crippen LogP contribution in [0.1, 0.15) is 52.7 Å². The van der Waals surface area contributed by atoms with Crippen LogP contribution in [0.25, 0.3) is 0 Å². The Morgan fingerprint density at radius 2 is 1.63 bits per heavy atom. The van der Waals surface area contributed by atoms with Gasteiger partial charge in [0.2, 0.25) is 0 Å². The molecule has 0 fully saturated rings. The van der Waals surface area contributed by atoms with E-state index in [-0.39, 0.29) is 23.3 Å². The van der Waals surface area contributed by atoms with Crippen molar-refractivity contribution in [2.24, 2.45) is 0 Å². The van der Waals surface area contributed by atoms with Gasteiger partial charge in [0.25, 0.3) is 5.91 Å². The molecule has 0 atom stereocenters. The third-order valence-electron chi connectivity index (χ3n) is 4.69. The lowest BCUT2D eigenvalue weighted by Crippen LogP contribution is -2.22. The Kier molecular flexibility index (Phi) is 7.90. The summed E-state index contributed by atoms with van der Waals surface area (Å²) >= 11 is 0. The minimum Gasteiger partial charge on any atom is -0.491 e. The Bertz CT molecular complexity index is 847. The third-order valence-corrected chi connectivity index (χ3v) is 4.69. The van der Waals surface area contributed by atoms with Crippen molar-refractivity contribution in [1.29, 1.82) is 0 Å². The number of hydrogen-bond donors (Lipinski definition) is 1. The zero-order valence-electron chi connectivity index (χ0n) is 19.3. The molecule has 5 nitrogen and oxygen atoms in total. The second kappa shape index (κ2) is 9.98. The molecule has 0 aliphatic heterocycles. The Morgan fingerprint density at radius 3 is 2.27 bits per heavy atom. The fourth-order valence-corrected chi connectivity index (χ4v) is 2.96. The first-order valence-corrected chi connectivity index (χ1v) is 10.3. The zero-order valence-corrected chi connectivity index (χ0v) is 19.3. The molecule has 0 aromatic heterocycles. The summed E-state index contributed by atoms with van der Waals surface area (Å²) in [7, 11) is 1.63. The SMILES string of the molecule is COCCOc1cccc(NC(=O)COc2ccc(C(C)(C)C)cc2C(C)(C)C)c1. The average molecular weight is 414 g/mol. The third kappa shape index (κ3) is 7.06. The molecule has 164 valence electrons. The largest absolute Gasteiger partial charge is 0.491 e. The van der Waals surface area contributed by atoms with Crippen molar-refractivity contribution < 1.29 is 19.0 Å². The van der Waals surface area contributed by atoms with Gasteiger partial charge in [0.05, 0.1) is 6.61 Å². The molecule has 0 saturated heterocycles. The summed E-state index contributed by atoms with van der Waals surface area (Å²) < 4.78 is 16.5. The number of carbonyl (C=O) groups is 1. The second-order valence-electron chi connectivity index (χ2n) is 9.42.